The van der Waals surface area contributed by atoms with Crippen LogP contribution in [0.1, 0.15) is 61.9 Å². The maximum atomic E-state index is 14.4. The van der Waals surface area contributed by atoms with Crippen LogP contribution in [0.15, 0.2) is 65.5 Å². The van der Waals surface area contributed by atoms with Crippen molar-refractivity contribution in [3.05, 3.63) is 88.0 Å². The van der Waals surface area contributed by atoms with Gasteiger partial charge in [0.25, 0.3) is 5.56 Å². The lowest BCUT2D eigenvalue weighted by molar-refractivity contribution is 0.311. The van der Waals surface area contributed by atoms with Crippen LogP contribution in [0, 0.1) is 5.92 Å². The van der Waals surface area contributed by atoms with Crippen molar-refractivity contribution >= 4 is 17.1 Å². The highest BCUT2D eigenvalue weighted by Gasteiger charge is 2.27. The average molecular weight is 525 g/mol. The van der Waals surface area contributed by atoms with Crippen molar-refractivity contribution in [3.8, 4) is 0 Å². The number of aryl methyl sites for hydroxylation is 2. The summed E-state index contributed by atoms with van der Waals surface area (Å²) in [4.78, 5) is 26.8. The molecule has 2 fully saturated rings. The van der Waals surface area contributed by atoms with E-state index in [1.807, 2.05) is 28.8 Å². The van der Waals surface area contributed by atoms with Gasteiger partial charge in [0.05, 0.1) is 6.54 Å². The molecule has 0 amide bonds. The van der Waals surface area contributed by atoms with Crippen LogP contribution in [0.4, 0.5) is 5.95 Å². The molecular formula is C32H40N6O. The van der Waals surface area contributed by atoms with Gasteiger partial charge in [0.1, 0.15) is 5.82 Å². The predicted molar refractivity (Wildman–Crippen MR) is 157 cm³/mol. The summed E-state index contributed by atoms with van der Waals surface area (Å²) in [6.45, 7) is 2.96. The van der Waals surface area contributed by atoms with Crippen molar-refractivity contribution in [2.24, 2.45) is 11.7 Å². The number of fused-ring (bicyclic) bond motifs is 1. The van der Waals surface area contributed by atoms with Crippen LogP contribution >= 0.6 is 0 Å². The summed E-state index contributed by atoms with van der Waals surface area (Å²) in [7, 11) is 0. The van der Waals surface area contributed by atoms with Crippen LogP contribution in [0.3, 0.4) is 0 Å². The minimum Gasteiger partial charge on any atom is -0.341 e. The Kier molecular flexibility index (Phi) is 7.77. The van der Waals surface area contributed by atoms with Gasteiger partial charge >= 0.3 is 0 Å². The zero-order valence-electron chi connectivity index (χ0n) is 22.8. The van der Waals surface area contributed by atoms with Crippen LogP contribution in [-0.4, -0.2) is 38.2 Å². The largest absolute Gasteiger partial charge is 0.341 e. The molecule has 0 radical (unpaired) electrons. The Morgan fingerprint density at radius 1 is 0.795 bits per heavy atom. The Morgan fingerprint density at radius 3 is 2.23 bits per heavy atom. The molecule has 0 spiro atoms. The molecule has 2 aromatic carbocycles. The van der Waals surface area contributed by atoms with Gasteiger partial charge in [0, 0.05) is 32.1 Å². The molecule has 2 aliphatic rings. The number of imidazole rings is 1. The zero-order valence-corrected chi connectivity index (χ0v) is 22.8. The lowest BCUT2D eigenvalue weighted by atomic mass is 9.89. The minimum absolute atomic E-state index is 0.0459. The van der Waals surface area contributed by atoms with Gasteiger partial charge in [-0.2, -0.15) is 4.98 Å². The van der Waals surface area contributed by atoms with E-state index in [-0.39, 0.29) is 11.6 Å². The molecule has 1 atom stereocenters. The number of nitrogens with two attached hydrogens (primary N) is 1. The van der Waals surface area contributed by atoms with E-state index in [1.165, 1.54) is 37.7 Å². The van der Waals surface area contributed by atoms with Gasteiger partial charge in [-0.15, -0.1) is 0 Å². The van der Waals surface area contributed by atoms with Crippen molar-refractivity contribution < 1.29 is 0 Å². The normalized spacial score (nSPS) is 18.6. The van der Waals surface area contributed by atoms with E-state index < -0.39 is 0 Å². The highest BCUT2D eigenvalue weighted by Crippen LogP contribution is 2.27. The van der Waals surface area contributed by atoms with Gasteiger partial charge in [-0.1, -0.05) is 79.9 Å². The molecule has 1 saturated carbocycles. The van der Waals surface area contributed by atoms with Crippen molar-refractivity contribution in [1.82, 2.24) is 19.1 Å². The lowest BCUT2D eigenvalue weighted by Gasteiger charge is -2.31. The molecular weight excluding hydrogens is 484 g/mol. The SMILES string of the molecule is NC1CCCN(c2nc3nc(CCc4ccccc4)n(CC4CCCCC4)c(=O)c3n2Cc2ccccc2)C1. The first-order valence-electron chi connectivity index (χ1n) is 14.7. The third-order valence-electron chi connectivity index (χ3n) is 8.49. The smallest absolute Gasteiger partial charge is 0.279 e. The average Bonchev–Trinajstić information content (AvgIpc) is 3.33. The third-order valence-corrected chi connectivity index (χ3v) is 8.49. The molecule has 204 valence electrons. The Hall–Kier alpha value is -3.45. The van der Waals surface area contributed by atoms with E-state index in [4.69, 9.17) is 15.7 Å². The van der Waals surface area contributed by atoms with Crippen LogP contribution in [0.25, 0.3) is 11.2 Å². The Balaban J connectivity index is 1.46. The number of piperidine rings is 1. The number of hydrogen-bond acceptors (Lipinski definition) is 5. The molecule has 7 nitrogen and oxygen atoms in total. The fourth-order valence-electron chi connectivity index (χ4n) is 6.40. The predicted octanol–water partition coefficient (Wildman–Crippen LogP) is 4.93. The topological polar surface area (TPSA) is 82.0 Å². The van der Waals surface area contributed by atoms with Gasteiger partial charge in [0.15, 0.2) is 11.2 Å². The van der Waals surface area contributed by atoms with Crippen molar-refractivity contribution in [2.45, 2.75) is 76.9 Å². The van der Waals surface area contributed by atoms with Gasteiger partial charge < -0.3 is 10.6 Å². The summed E-state index contributed by atoms with van der Waals surface area (Å²) < 4.78 is 4.10. The van der Waals surface area contributed by atoms with E-state index in [0.29, 0.717) is 23.6 Å². The van der Waals surface area contributed by atoms with Crippen LogP contribution < -0.4 is 16.2 Å². The second-order valence-corrected chi connectivity index (χ2v) is 11.4. The molecule has 6 rings (SSSR count). The fourth-order valence-corrected chi connectivity index (χ4v) is 6.40. The monoisotopic (exact) mass is 524 g/mol. The Labute approximate surface area is 230 Å². The molecule has 0 bridgehead atoms. The molecule has 4 aromatic rings. The summed E-state index contributed by atoms with van der Waals surface area (Å²) >= 11 is 0. The van der Waals surface area contributed by atoms with E-state index in [1.54, 1.807) is 0 Å². The van der Waals surface area contributed by atoms with Crippen LogP contribution in [0.2, 0.25) is 0 Å². The quantitative estimate of drug-likeness (QED) is 0.353. The molecule has 1 unspecified atom stereocenters. The summed E-state index contributed by atoms with van der Waals surface area (Å²) in [5.74, 6) is 2.20. The zero-order chi connectivity index (χ0) is 26.6. The summed E-state index contributed by atoms with van der Waals surface area (Å²) in [6.07, 6.45) is 9.78. The number of rotatable bonds is 8. The van der Waals surface area contributed by atoms with Gasteiger partial charge in [0.2, 0.25) is 5.95 Å². The van der Waals surface area contributed by atoms with E-state index in [9.17, 15) is 4.79 Å². The number of hydrogen-bond donors (Lipinski definition) is 1. The van der Waals surface area contributed by atoms with Crippen LogP contribution in [-0.2, 0) is 25.9 Å². The standard InChI is InChI=1S/C32H40N6O/c33-27-17-10-20-36(23-27)32-35-30-29(38(32)22-26-15-8-3-9-16-26)31(39)37(21-25-13-6-2-7-14-25)28(34-30)19-18-24-11-4-1-5-12-24/h1,3-5,8-9,11-12,15-16,25,27H,2,6-7,10,13-14,17-23,33H2. The maximum absolute atomic E-state index is 14.4. The van der Waals surface area contributed by atoms with Crippen molar-refractivity contribution in [1.29, 1.82) is 0 Å². The van der Waals surface area contributed by atoms with E-state index in [0.717, 1.165) is 62.7 Å². The van der Waals surface area contributed by atoms with Gasteiger partial charge in [-0.25, -0.2) is 4.98 Å². The molecule has 39 heavy (non-hydrogen) atoms. The molecule has 2 N–H and O–H groups in total. The molecule has 1 saturated heterocycles. The number of nitrogens with zero attached hydrogens (tertiary/aromatic N) is 5. The Morgan fingerprint density at radius 2 is 1.51 bits per heavy atom. The summed E-state index contributed by atoms with van der Waals surface area (Å²) in [6, 6.07) is 20.9. The molecule has 1 aliphatic carbocycles. The number of benzene rings is 2. The first kappa shape index (κ1) is 25.8. The first-order chi connectivity index (χ1) is 19.2. The summed E-state index contributed by atoms with van der Waals surface area (Å²) in [5, 5.41) is 0. The third kappa shape index (κ3) is 5.78. The highest BCUT2D eigenvalue weighted by molar-refractivity contribution is 5.74. The minimum atomic E-state index is 0.0459. The Bertz CT molecular complexity index is 1440. The first-order valence-corrected chi connectivity index (χ1v) is 14.7. The van der Waals surface area contributed by atoms with Gasteiger partial charge in [-0.05, 0) is 49.1 Å². The molecule has 2 aromatic heterocycles. The number of aromatic nitrogens is 4. The maximum Gasteiger partial charge on any atom is 0.279 e. The lowest BCUT2D eigenvalue weighted by Crippen LogP contribution is -2.44. The molecule has 1 aliphatic heterocycles. The molecule has 3 heterocycles. The second-order valence-electron chi connectivity index (χ2n) is 11.4. The molecule has 7 heteroatoms. The number of anilines is 1. The fraction of sp³-hybridized carbons (Fsp3) is 0.469. The van der Waals surface area contributed by atoms with E-state index in [2.05, 4.69) is 45.9 Å². The second kappa shape index (κ2) is 11.7. The van der Waals surface area contributed by atoms with Gasteiger partial charge in [-0.3, -0.25) is 13.9 Å². The highest BCUT2D eigenvalue weighted by atomic mass is 16.1. The van der Waals surface area contributed by atoms with E-state index >= 15 is 0 Å². The van der Waals surface area contributed by atoms with Crippen molar-refractivity contribution in [3.63, 3.8) is 0 Å². The summed E-state index contributed by atoms with van der Waals surface area (Å²) in [5.41, 5.74) is 10.0. The van der Waals surface area contributed by atoms with Crippen molar-refractivity contribution in [2.75, 3.05) is 18.0 Å². The van der Waals surface area contributed by atoms with Crippen LogP contribution in [0.5, 0.6) is 0 Å².